The number of amides is 1. The molecular weight excluding hydrogens is 360 g/mol. The van der Waals surface area contributed by atoms with E-state index in [2.05, 4.69) is 63.9 Å². The molecule has 5 nitrogen and oxygen atoms in total. The van der Waals surface area contributed by atoms with Gasteiger partial charge in [-0.05, 0) is 57.8 Å². The fourth-order valence-electron chi connectivity index (χ4n) is 5.17. The van der Waals surface area contributed by atoms with Gasteiger partial charge in [-0.3, -0.25) is 9.69 Å². The summed E-state index contributed by atoms with van der Waals surface area (Å²) in [6.45, 7) is 12.0. The molecular formula is C24H38N4O. The normalized spacial score (nSPS) is 24.4. The van der Waals surface area contributed by atoms with Gasteiger partial charge in [-0.15, -0.1) is 0 Å². The molecule has 0 saturated carbocycles. The summed E-state index contributed by atoms with van der Waals surface area (Å²) in [7, 11) is 2.20. The summed E-state index contributed by atoms with van der Waals surface area (Å²) in [5.41, 5.74) is 1.45. The summed E-state index contributed by atoms with van der Waals surface area (Å²) in [6.07, 6.45) is 3.59. The number of hydrogen-bond acceptors (Lipinski definition) is 4. The molecule has 0 aliphatic carbocycles. The molecule has 1 atom stereocenters. The number of piperazine rings is 1. The lowest BCUT2D eigenvalue weighted by molar-refractivity contribution is -0.144. The molecule has 1 amide bonds. The quantitative estimate of drug-likeness (QED) is 0.734. The Hall–Kier alpha value is -1.43. The van der Waals surface area contributed by atoms with Crippen molar-refractivity contribution >= 4 is 5.91 Å². The SMILES string of the molecule is CC(C(=O)N1CC(CN2CCN(C)CC2)C1)N1CCC(Cc2ccccc2)CC1. The highest BCUT2D eigenvalue weighted by molar-refractivity contribution is 5.82. The Morgan fingerprint density at radius 3 is 2.28 bits per heavy atom. The third-order valence-corrected chi connectivity index (χ3v) is 7.30. The summed E-state index contributed by atoms with van der Waals surface area (Å²) < 4.78 is 0. The Bertz CT molecular complexity index is 644. The van der Waals surface area contributed by atoms with E-state index in [0.29, 0.717) is 11.8 Å². The van der Waals surface area contributed by atoms with E-state index >= 15 is 0 Å². The zero-order chi connectivity index (χ0) is 20.2. The van der Waals surface area contributed by atoms with E-state index in [-0.39, 0.29) is 6.04 Å². The van der Waals surface area contributed by atoms with E-state index in [1.807, 2.05) is 0 Å². The summed E-state index contributed by atoms with van der Waals surface area (Å²) in [5, 5.41) is 0. The summed E-state index contributed by atoms with van der Waals surface area (Å²) in [5.74, 6) is 1.78. The summed E-state index contributed by atoms with van der Waals surface area (Å²) >= 11 is 0. The molecule has 3 fully saturated rings. The molecule has 0 bridgehead atoms. The Kier molecular flexibility index (Phi) is 6.88. The van der Waals surface area contributed by atoms with Gasteiger partial charge in [0.1, 0.15) is 0 Å². The molecule has 3 heterocycles. The molecule has 160 valence electrons. The van der Waals surface area contributed by atoms with Crippen molar-refractivity contribution in [3.63, 3.8) is 0 Å². The molecule has 4 rings (SSSR count). The number of carbonyl (C=O) groups is 1. The smallest absolute Gasteiger partial charge is 0.239 e. The van der Waals surface area contributed by atoms with Crippen LogP contribution in [0.2, 0.25) is 0 Å². The number of benzene rings is 1. The van der Waals surface area contributed by atoms with E-state index in [1.54, 1.807) is 0 Å². The molecule has 3 aliphatic rings. The second-order valence-electron chi connectivity index (χ2n) is 9.56. The van der Waals surface area contributed by atoms with Crippen LogP contribution in [0.3, 0.4) is 0 Å². The second-order valence-corrected chi connectivity index (χ2v) is 9.56. The van der Waals surface area contributed by atoms with Crippen molar-refractivity contribution < 1.29 is 4.79 Å². The number of likely N-dealkylation sites (tertiary alicyclic amines) is 2. The van der Waals surface area contributed by atoms with Crippen LogP contribution in [0, 0.1) is 11.8 Å². The van der Waals surface area contributed by atoms with Crippen molar-refractivity contribution in [3.05, 3.63) is 35.9 Å². The second kappa shape index (κ2) is 9.59. The molecule has 5 heteroatoms. The maximum Gasteiger partial charge on any atom is 0.239 e. The predicted molar refractivity (Wildman–Crippen MR) is 118 cm³/mol. The lowest BCUT2D eigenvalue weighted by atomic mass is 9.89. The topological polar surface area (TPSA) is 30.0 Å². The number of piperidine rings is 1. The van der Waals surface area contributed by atoms with Crippen LogP contribution in [0.1, 0.15) is 25.3 Å². The number of hydrogen-bond donors (Lipinski definition) is 0. The van der Waals surface area contributed by atoms with Gasteiger partial charge in [-0.1, -0.05) is 30.3 Å². The molecule has 0 radical (unpaired) electrons. The van der Waals surface area contributed by atoms with Crippen molar-refractivity contribution in [3.8, 4) is 0 Å². The highest BCUT2D eigenvalue weighted by Gasteiger charge is 2.36. The van der Waals surface area contributed by atoms with Gasteiger partial charge in [-0.2, -0.15) is 0 Å². The van der Waals surface area contributed by atoms with Gasteiger partial charge in [0.2, 0.25) is 5.91 Å². The predicted octanol–water partition coefficient (Wildman–Crippen LogP) is 2.04. The molecule has 3 aliphatic heterocycles. The minimum absolute atomic E-state index is 0.0391. The monoisotopic (exact) mass is 398 g/mol. The summed E-state index contributed by atoms with van der Waals surface area (Å²) in [4.78, 5) is 22.4. The van der Waals surface area contributed by atoms with E-state index in [0.717, 1.165) is 38.6 Å². The van der Waals surface area contributed by atoms with Crippen molar-refractivity contribution in [1.29, 1.82) is 0 Å². The zero-order valence-corrected chi connectivity index (χ0v) is 18.3. The van der Waals surface area contributed by atoms with E-state index < -0.39 is 0 Å². The van der Waals surface area contributed by atoms with Gasteiger partial charge < -0.3 is 14.7 Å². The fourth-order valence-corrected chi connectivity index (χ4v) is 5.17. The number of rotatable bonds is 6. The third kappa shape index (κ3) is 5.39. The number of likely N-dealkylation sites (N-methyl/N-ethyl adjacent to an activating group) is 1. The lowest BCUT2D eigenvalue weighted by Gasteiger charge is -2.45. The molecule has 1 aromatic carbocycles. The molecule has 29 heavy (non-hydrogen) atoms. The van der Waals surface area contributed by atoms with Crippen LogP contribution in [-0.4, -0.2) is 97.5 Å². The average molecular weight is 399 g/mol. The highest BCUT2D eigenvalue weighted by atomic mass is 16.2. The van der Waals surface area contributed by atoms with Crippen LogP contribution < -0.4 is 0 Å². The lowest BCUT2D eigenvalue weighted by Crippen LogP contribution is -2.59. The van der Waals surface area contributed by atoms with Crippen LogP contribution in [-0.2, 0) is 11.2 Å². The number of nitrogens with zero attached hydrogens (tertiary/aromatic N) is 4. The van der Waals surface area contributed by atoms with Crippen molar-refractivity contribution in [2.24, 2.45) is 11.8 Å². The first-order chi connectivity index (χ1) is 14.1. The Morgan fingerprint density at radius 1 is 0.966 bits per heavy atom. The highest BCUT2D eigenvalue weighted by Crippen LogP contribution is 2.25. The maximum atomic E-state index is 12.9. The van der Waals surface area contributed by atoms with Crippen LogP contribution in [0.25, 0.3) is 0 Å². The average Bonchev–Trinajstić information content (AvgIpc) is 2.72. The molecule has 0 spiro atoms. The van der Waals surface area contributed by atoms with Crippen molar-refractivity contribution in [2.45, 2.75) is 32.2 Å². The molecule has 1 aromatic rings. The Balaban J connectivity index is 1.16. The molecule has 0 aromatic heterocycles. The molecule has 0 N–H and O–H groups in total. The van der Waals surface area contributed by atoms with E-state index in [4.69, 9.17) is 0 Å². The third-order valence-electron chi connectivity index (χ3n) is 7.30. The minimum atomic E-state index is 0.0391. The Labute approximate surface area is 176 Å². The number of carbonyl (C=O) groups excluding carboxylic acids is 1. The van der Waals surface area contributed by atoms with Crippen LogP contribution in [0.15, 0.2) is 30.3 Å². The van der Waals surface area contributed by atoms with Crippen LogP contribution in [0.4, 0.5) is 0 Å². The first kappa shape index (κ1) is 20.8. The van der Waals surface area contributed by atoms with Crippen molar-refractivity contribution in [1.82, 2.24) is 19.6 Å². The van der Waals surface area contributed by atoms with Gasteiger partial charge in [-0.25, -0.2) is 0 Å². The van der Waals surface area contributed by atoms with Crippen LogP contribution >= 0.6 is 0 Å². The molecule has 3 saturated heterocycles. The Morgan fingerprint density at radius 2 is 1.62 bits per heavy atom. The van der Waals surface area contributed by atoms with Crippen molar-refractivity contribution in [2.75, 3.05) is 66.0 Å². The first-order valence-electron chi connectivity index (χ1n) is 11.6. The van der Waals surface area contributed by atoms with Gasteiger partial charge in [0, 0.05) is 51.7 Å². The van der Waals surface area contributed by atoms with Gasteiger partial charge in [0.25, 0.3) is 0 Å². The summed E-state index contributed by atoms with van der Waals surface area (Å²) in [6, 6.07) is 10.9. The maximum absolute atomic E-state index is 12.9. The van der Waals surface area contributed by atoms with Gasteiger partial charge in [0.15, 0.2) is 0 Å². The zero-order valence-electron chi connectivity index (χ0n) is 18.3. The largest absolute Gasteiger partial charge is 0.341 e. The van der Waals surface area contributed by atoms with Gasteiger partial charge in [0.05, 0.1) is 6.04 Å². The first-order valence-corrected chi connectivity index (χ1v) is 11.6. The minimum Gasteiger partial charge on any atom is -0.341 e. The van der Waals surface area contributed by atoms with Crippen LogP contribution in [0.5, 0.6) is 0 Å². The fraction of sp³-hybridized carbons (Fsp3) is 0.708. The van der Waals surface area contributed by atoms with E-state index in [9.17, 15) is 4.79 Å². The van der Waals surface area contributed by atoms with E-state index in [1.165, 1.54) is 51.0 Å². The standard InChI is InChI=1S/C24H38N4O/c1-20(27-10-8-22(9-11-27)16-21-6-4-3-5-7-21)24(29)28-18-23(19-28)17-26-14-12-25(2)13-15-26/h3-7,20,22-23H,8-19H2,1-2H3. The molecule has 1 unspecified atom stereocenters. The van der Waals surface area contributed by atoms with Gasteiger partial charge >= 0.3 is 0 Å².